The number of aliphatic hydroxyl groups is 1. The average molecular weight is 379 g/mol. The number of rotatable bonds is 5. The first-order valence-electron chi connectivity index (χ1n) is 9.25. The fraction of sp³-hybridized carbons (Fsp3) is 0.500. The second-order valence-electron chi connectivity index (χ2n) is 6.90. The second kappa shape index (κ2) is 8.23. The molecule has 1 aromatic carbocycles. The van der Waals surface area contributed by atoms with Crippen LogP contribution in [0.1, 0.15) is 53.3 Å². The quantitative estimate of drug-likeness (QED) is 0.507. The van der Waals surface area contributed by atoms with Gasteiger partial charge in [0.15, 0.2) is 5.52 Å². The van der Waals surface area contributed by atoms with E-state index in [1.54, 1.807) is 32.2 Å². The summed E-state index contributed by atoms with van der Waals surface area (Å²) in [5.41, 5.74) is 1.38. The number of fused-ring (bicyclic) bond motifs is 3. The van der Waals surface area contributed by atoms with Gasteiger partial charge in [0.25, 0.3) is 11.7 Å². The van der Waals surface area contributed by atoms with Gasteiger partial charge in [-0.05, 0) is 32.4 Å². The molecule has 0 aliphatic rings. The lowest BCUT2D eigenvalue weighted by Crippen LogP contribution is -2.31. The molecule has 2 heterocycles. The highest BCUT2D eigenvalue weighted by atomic mass is 35.5. The zero-order valence-corrected chi connectivity index (χ0v) is 17.0. The monoisotopic (exact) mass is 378 g/mol. The standard InChI is InChI=1S/C18H23ClN3O2.C2H6/c1-4-5-6-16-20-14-10-22(24)15-9-12(19)7-8-13(15)17(14)21(16)11-18(2,3)23;1-2/h7-10,23-24H,4-6,11H2,1-3H3;1-2H3/q+1;. The maximum atomic E-state index is 10.3. The van der Waals surface area contributed by atoms with Crippen LogP contribution >= 0.6 is 11.6 Å². The highest BCUT2D eigenvalue weighted by Gasteiger charge is 2.24. The van der Waals surface area contributed by atoms with Crippen molar-refractivity contribution in [3.05, 3.63) is 35.2 Å². The van der Waals surface area contributed by atoms with Crippen LogP contribution in [0.4, 0.5) is 0 Å². The molecule has 3 rings (SSSR count). The molecular formula is C20H29ClN3O2+. The van der Waals surface area contributed by atoms with Crippen molar-refractivity contribution in [2.75, 3.05) is 0 Å². The van der Waals surface area contributed by atoms with Crippen molar-refractivity contribution in [3.63, 3.8) is 0 Å². The Hall–Kier alpha value is -1.85. The lowest BCUT2D eigenvalue weighted by Gasteiger charge is -2.20. The number of pyridine rings is 1. The zero-order chi connectivity index (χ0) is 19.5. The van der Waals surface area contributed by atoms with Crippen LogP contribution in [0.2, 0.25) is 5.02 Å². The third-order valence-electron chi connectivity index (χ3n) is 4.08. The predicted octanol–water partition coefficient (Wildman–Crippen LogP) is 4.51. The summed E-state index contributed by atoms with van der Waals surface area (Å²) >= 11 is 6.07. The van der Waals surface area contributed by atoms with Gasteiger partial charge >= 0.3 is 0 Å². The van der Waals surface area contributed by atoms with Crippen molar-refractivity contribution >= 4 is 33.5 Å². The molecule has 0 atom stereocenters. The minimum Gasteiger partial charge on any atom is -0.389 e. The molecule has 0 radical (unpaired) electrons. The van der Waals surface area contributed by atoms with E-state index in [4.69, 9.17) is 16.6 Å². The molecule has 5 nitrogen and oxygen atoms in total. The van der Waals surface area contributed by atoms with Gasteiger partial charge in [-0.15, -0.1) is 0 Å². The molecule has 0 amide bonds. The van der Waals surface area contributed by atoms with Gasteiger partial charge in [0.2, 0.25) is 0 Å². The van der Waals surface area contributed by atoms with E-state index >= 15 is 0 Å². The summed E-state index contributed by atoms with van der Waals surface area (Å²) in [6.07, 6.45) is 4.53. The van der Waals surface area contributed by atoms with E-state index in [1.807, 2.05) is 19.9 Å². The minimum absolute atomic E-state index is 0.440. The zero-order valence-electron chi connectivity index (χ0n) is 16.3. The van der Waals surface area contributed by atoms with Crippen molar-refractivity contribution < 1.29 is 15.0 Å². The molecule has 0 unspecified atom stereocenters. The third-order valence-corrected chi connectivity index (χ3v) is 4.31. The van der Waals surface area contributed by atoms with Crippen molar-refractivity contribution in [1.82, 2.24) is 9.55 Å². The van der Waals surface area contributed by atoms with E-state index in [9.17, 15) is 10.3 Å². The largest absolute Gasteiger partial charge is 0.389 e. The highest BCUT2D eigenvalue weighted by Crippen LogP contribution is 2.27. The summed E-state index contributed by atoms with van der Waals surface area (Å²) in [6.45, 7) is 10.2. The van der Waals surface area contributed by atoms with Gasteiger partial charge in [-0.2, -0.15) is 0 Å². The molecule has 2 aromatic heterocycles. The molecular weight excluding hydrogens is 350 g/mol. The smallest absolute Gasteiger partial charge is 0.268 e. The van der Waals surface area contributed by atoms with Crippen molar-refractivity contribution in [2.24, 2.45) is 0 Å². The van der Waals surface area contributed by atoms with E-state index in [2.05, 4.69) is 11.5 Å². The van der Waals surface area contributed by atoms with Gasteiger partial charge in [-0.25, -0.2) is 4.98 Å². The Balaban J connectivity index is 0.00000117. The molecule has 0 saturated carbocycles. The Morgan fingerprint density at radius 3 is 2.58 bits per heavy atom. The molecule has 0 saturated heterocycles. The first kappa shape index (κ1) is 20.5. The Morgan fingerprint density at radius 1 is 1.27 bits per heavy atom. The van der Waals surface area contributed by atoms with Gasteiger partial charge in [0.1, 0.15) is 5.82 Å². The Bertz CT molecular complexity index is 898. The second-order valence-corrected chi connectivity index (χ2v) is 7.34. The molecule has 3 aromatic rings. The van der Waals surface area contributed by atoms with E-state index in [0.717, 1.165) is 40.7 Å². The summed E-state index contributed by atoms with van der Waals surface area (Å²) in [5.74, 6) is 0.927. The van der Waals surface area contributed by atoms with Gasteiger partial charge in [-0.1, -0.05) is 38.8 Å². The molecule has 0 spiro atoms. The lowest BCUT2D eigenvalue weighted by molar-refractivity contribution is -0.883. The Morgan fingerprint density at radius 2 is 1.96 bits per heavy atom. The number of nitrogens with zero attached hydrogens (tertiary/aromatic N) is 3. The number of aromatic nitrogens is 3. The number of imidazole rings is 1. The molecule has 142 valence electrons. The molecule has 6 heteroatoms. The van der Waals surface area contributed by atoms with Gasteiger partial charge < -0.3 is 9.67 Å². The normalized spacial score (nSPS) is 11.7. The van der Waals surface area contributed by atoms with Crippen LogP contribution in [0.3, 0.4) is 0 Å². The first-order valence-corrected chi connectivity index (χ1v) is 9.62. The summed E-state index contributed by atoms with van der Waals surface area (Å²) in [7, 11) is 0. The van der Waals surface area contributed by atoms with Crippen LogP contribution in [0, 0.1) is 0 Å². The van der Waals surface area contributed by atoms with E-state index in [-0.39, 0.29) is 0 Å². The Kier molecular flexibility index (Phi) is 6.48. The topological polar surface area (TPSA) is 62.2 Å². The minimum atomic E-state index is -0.863. The number of benzene rings is 1. The van der Waals surface area contributed by atoms with Crippen LogP contribution in [0.25, 0.3) is 21.9 Å². The fourth-order valence-electron chi connectivity index (χ4n) is 3.06. The molecule has 0 bridgehead atoms. The van der Waals surface area contributed by atoms with E-state index in [1.165, 1.54) is 0 Å². The molecule has 2 N–H and O–H groups in total. The number of unbranched alkanes of at least 4 members (excludes halogenated alkanes) is 1. The predicted molar refractivity (Wildman–Crippen MR) is 106 cm³/mol. The van der Waals surface area contributed by atoms with Crippen molar-refractivity contribution in [1.29, 1.82) is 0 Å². The summed E-state index contributed by atoms with van der Waals surface area (Å²) in [4.78, 5) is 4.71. The third kappa shape index (κ3) is 4.27. The van der Waals surface area contributed by atoms with Crippen LogP contribution in [0.5, 0.6) is 0 Å². The average Bonchev–Trinajstić information content (AvgIpc) is 2.90. The van der Waals surface area contributed by atoms with E-state index in [0.29, 0.717) is 22.6 Å². The number of hydrogen-bond acceptors (Lipinski definition) is 3. The van der Waals surface area contributed by atoms with E-state index < -0.39 is 5.60 Å². The van der Waals surface area contributed by atoms with Crippen LogP contribution < -0.4 is 4.73 Å². The van der Waals surface area contributed by atoms with Crippen LogP contribution in [-0.4, -0.2) is 25.5 Å². The number of aryl methyl sites for hydroxylation is 1. The number of halogens is 1. The van der Waals surface area contributed by atoms with Crippen molar-refractivity contribution in [3.8, 4) is 0 Å². The van der Waals surface area contributed by atoms with Gasteiger partial charge in [0.05, 0.1) is 23.0 Å². The highest BCUT2D eigenvalue weighted by molar-refractivity contribution is 6.31. The van der Waals surface area contributed by atoms with Crippen LogP contribution in [-0.2, 0) is 13.0 Å². The van der Waals surface area contributed by atoms with Gasteiger partial charge in [-0.3, -0.25) is 5.21 Å². The number of hydrogen-bond donors (Lipinski definition) is 2. The maximum Gasteiger partial charge on any atom is 0.268 e. The molecule has 0 aliphatic heterocycles. The first-order chi connectivity index (χ1) is 12.3. The summed E-state index contributed by atoms with van der Waals surface area (Å²) in [5, 5.41) is 22.0. The summed E-state index contributed by atoms with van der Waals surface area (Å²) < 4.78 is 3.13. The van der Waals surface area contributed by atoms with Gasteiger partial charge in [0, 0.05) is 22.2 Å². The summed E-state index contributed by atoms with van der Waals surface area (Å²) in [6, 6.07) is 5.42. The fourth-order valence-corrected chi connectivity index (χ4v) is 3.22. The SMILES string of the molecule is CC.CCCCc1nc2c[n+](O)c3cc(Cl)ccc3c2n1CC(C)(C)O. The van der Waals surface area contributed by atoms with Crippen LogP contribution in [0.15, 0.2) is 24.4 Å². The van der Waals surface area contributed by atoms with Crippen molar-refractivity contribution in [2.45, 2.75) is 66.0 Å². The Labute approximate surface area is 159 Å². The maximum absolute atomic E-state index is 10.3. The molecule has 26 heavy (non-hydrogen) atoms. The molecule has 0 fully saturated rings. The molecule has 0 aliphatic carbocycles. The lowest BCUT2D eigenvalue weighted by atomic mass is 10.1.